The van der Waals surface area contributed by atoms with Crippen LogP contribution < -0.4 is 16.6 Å². The van der Waals surface area contributed by atoms with Gasteiger partial charge in [0.2, 0.25) is 0 Å². The molecule has 5 nitrogen and oxygen atoms in total. The smallest absolute Gasteiger partial charge is 0.180 e. The van der Waals surface area contributed by atoms with Crippen LogP contribution in [0.1, 0.15) is 5.69 Å². The molecule has 0 atom stereocenters. The average molecular weight is 199 g/mol. The van der Waals surface area contributed by atoms with Gasteiger partial charge in [0.15, 0.2) is 5.11 Å². The highest BCUT2D eigenvalue weighted by Crippen LogP contribution is 1.95. The Morgan fingerprint density at radius 1 is 1.77 bits per heavy atom. The van der Waals surface area contributed by atoms with Crippen molar-refractivity contribution in [3.05, 3.63) is 18.2 Å². The van der Waals surface area contributed by atoms with E-state index in [4.69, 9.17) is 18.1 Å². The predicted octanol–water partition coefficient (Wildman–Crippen LogP) is -0.700. The molecular formula is C7H13N5S. The lowest BCUT2D eigenvalue weighted by atomic mass is 10.3. The summed E-state index contributed by atoms with van der Waals surface area (Å²) in [5.41, 5.74) is 3.52. The fourth-order valence-electron chi connectivity index (χ4n) is 0.981. The zero-order chi connectivity index (χ0) is 9.68. The molecule has 13 heavy (non-hydrogen) atoms. The van der Waals surface area contributed by atoms with E-state index in [1.165, 1.54) is 0 Å². The number of nitrogens with two attached hydrogens (primary N) is 1. The van der Waals surface area contributed by atoms with Crippen molar-refractivity contribution < 1.29 is 0 Å². The topological polar surface area (TPSA) is 67.9 Å². The van der Waals surface area contributed by atoms with Gasteiger partial charge in [-0.15, -0.1) is 0 Å². The fraction of sp³-hybridized carbons (Fsp3) is 0.429. The lowest BCUT2D eigenvalue weighted by molar-refractivity contribution is 0.765. The molecule has 72 valence electrons. The van der Waals surface area contributed by atoms with Crippen LogP contribution in [0.4, 0.5) is 0 Å². The van der Waals surface area contributed by atoms with Gasteiger partial charge in [-0.1, -0.05) is 0 Å². The summed E-state index contributed by atoms with van der Waals surface area (Å²) in [7, 11) is 1.96. The van der Waals surface area contributed by atoms with Gasteiger partial charge in [-0.2, -0.15) is 0 Å². The van der Waals surface area contributed by atoms with E-state index in [2.05, 4.69) is 15.7 Å². The third-order valence-electron chi connectivity index (χ3n) is 1.71. The minimum absolute atomic E-state index is 0.460. The summed E-state index contributed by atoms with van der Waals surface area (Å²) in [5.74, 6) is 5.09. The van der Waals surface area contributed by atoms with E-state index in [-0.39, 0.29) is 0 Å². The Balaban J connectivity index is 2.28. The van der Waals surface area contributed by atoms with Gasteiger partial charge in [-0.3, -0.25) is 0 Å². The van der Waals surface area contributed by atoms with Crippen molar-refractivity contribution in [2.45, 2.75) is 6.42 Å². The number of hydrogen-bond donors (Lipinski definition) is 3. The number of nitrogens with zero attached hydrogens (tertiary/aromatic N) is 2. The Labute approximate surface area is 82.3 Å². The summed E-state index contributed by atoms with van der Waals surface area (Å²) in [6.45, 7) is 0.753. The van der Waals surface area contributed by atoms with Crippen LogP contribution in [0.2, 0.25) is 0 Å². The number of hydrazine groups is 1. The van der Waals surface area contributed by atoms with Gasteiger partial charge < -0.3 is 15.3 Å². The second kappa shape index (κ2) is 4.78. The van der Waals surface area contributed by atoms with Gasteiger partial charge in [0.25, 0.3) is 0 Å². The molecule has 0 aromatic carbocycles. The van der Waals surface area contributed by atoms with Crippen molar-refractivity contribution in [2.75, 3.05) is 6.54 Å². The summed E-state index contributed by atoms with van der Waals surface area (Å²) in [6.07, 6.45) is 4.48. The number of thiocarbonyl (C=S) groups is 1. The molecule has 1 aromatic rings. The summed E-state index contributed by atoms with van der Waals surface area (Å²) >= 11 is 4.81. The Hall–Kier alpha value is -1.14. The number of nitrogens with one attached hydrogen (secondary N) is 2. The Kier molecular flexibility index (Phi) is 3.66. The first-order valence-electron chi connectivity index (χ1n) is 3.93. The van der Waals surface area contributed by atoms with E-state index in [9.17, 15) is 0 Å². The van der Waals surface area contributed by atoms with Gasteiger partial charge in [0.1, 0.15) is 0 Å². The minimum Gasteiger partial charge on any atom is -0.361 e. The van der Waals surface area contributed by atoms with Crippen LogP contribution in [0.15, 0.2) is 12.5 Å². The molecule has 1 heterocycles. The molecule has 6 heteroatoms. The average Bonchev–Trinajstić information content (AvgIpc) is 2.52. The molecule has 0 aliphatic carbocycles. The number of aromatic nitrogens is 2. The monoisotopic (exact) mass is 199 g/mol. The number of aryl methyl sites for hydroxylation is 1. The van der Waals surface area contributed by atoms with Crippen molar-refractivity contribution in [3.63, 3.8) is 0 Å². The van der Waals surface area contributed by atoms with Gasteiger partial charge in [-0.05, 0) is 12.2 Å². The molecule has 0 amide bonds. The lowest BCUT2D eigenvalue weighted by Gasteiger charge is -2.06. The molecular weight excluding hydrogens is 186 g/mol. The number of hydrogen-bond acceptors (Lipinski definition) is 3. The van der Waals surface area contributed by atoms with Crippen molar-refractivity contribution in [1.82, 2.24) is 20.3 Å². The van der Waals surface area contributed by atoms with Crippen molar-refractivity contribution in [1.29, 1.82) is 0 Å². The highest BCUT2D eigenvalue weighted by atomic mass is 32.1. The standard InChI is InChI=1S/C7H13N5S/c1-12-5-9-4-6(12)2-3-10-7(13)11-8/h4-5H,2-3,8H2,1H3,(H2,10,11,13). The highest BCUT2D eigenvalue weighted by molar-refractivity contribution is 7.80. The first-order chi connectivity index (χ1) is 6.24. The van der Waals surface area contributed by atoms with E-state index in [1.807, 2.05) is 17.8 Å². The first kappa shape index (κ1) is 9.94. The Morgan fingerprint density at radius 3 is 3.08 bits per heavy atom. The molecule has 0 saturated heterocycles. The predicted molar refractivity (Wildman–Crippen MR) is 54.8 cm³/mol. The summed E-state index contributed by atoms with van der Waals surface area (Å²) in [5, 5.41) is 3.41. The zero-order valence-corrected chi connectivity index (χ0v) is 8.27. The van der Waals surface area contributed by atoms with Crippen molar-refractivity contribution in [2.24, 2.45) is 12.9 Å². The number of imidazole rings is 1. The number of rotatable bonds is 3. The van der Waals surface area contributed by atoms with Crippen molar-refractivity contribution >= 4 is 17.3 Å². The third kappa shape index (κ3) is 3.00. The van der Waals surface area contributed by atoms with E-state index in [0.29, 0.717) is 5.11 Å². The molecule has 1 rings (SSSR count). The largest absolute Gasteiger partial charge is 0.361 e. The molecule has 0 radical (unpaired) electrons. The minimum atomic E-state index is 0.460. The molecule has 0 unspecified atom stereocenters. The maximum Gasteiger partial charge on any atom is 0.180 e. The summed E-state index contributed by atoms with van der Waals surface area (Å²) in [4.78, 5) is 4.00. The van der Waals surface area contributed by atoms with Crippen LogP contribution in [0.3, 0.4) is 0 Å². The molecule has 0 saturated carbocycles. The van der Waals surface area contributed by atoms with E-state index >= 15 is 0 Å². The quantitative estimate of drug-likeness (QED) is 0.341. The summed E-state index contributed by atoms with van der Waals surface area (Å²) < 4.78 is 1.97. The molecule has 0 aliphatic heterocycles. The third-order valence-corrected chi connectivity index (χ3v) is 1.98. The van der Waals surface area contributed by atoms with Gasteiger partial charge in [0.05, 0.1) is 6.33 Å². The maximum absolute atomic E-state index is 5.09. The van der Waals surface area contributed by atoms with Gasteiger partial charge >= 0.3 is 0 Å². The van der Waals surface area contributed by atoms with Crippen LogP contribution in [0.5, 0.6) is 0 Å². The van der Waals surface area contributed by atoms with Crippen molar-refractivity contribution in [3.8, 4) is 0 Å². The van der Waals surface area contributed by atoms with Crippen LogP contribution in [-0.4, -0.2) is 21.2 Å². The van der Waals surface area contributed by atoms with Crippen LogP contribution in [-0.2, 0) is 13.5 Å². The zero-order valence-electron chi connectivity index (χ0n) is 7.45. The molecule has 1 aromatic heterocycles. The second-order valence-corrected chi connectivity index (χ2v) is 3.05. The second-order valence-electron chi connectivity index (χ2n) is 2.65. The van der Waals surface area contributed by atoms with Gasteiger partial charge in [0, 0.05) is 31.9 Å². The molecule has 0 aliphatic rings. The van der Waals surface area contributed by atoms with Crippen LogP contribution in [0, 0.1) is 0 Å². The van der Waals surface area contributed by atoms with E-state index in [0.717, 1.165) is 18.7 Å². The summed E-state index contributed by atoms with van der Waals surface area (Å²) in [6, 6.07) is 0. The maximum atomic E-state index is 5.09. The highest BCUT2D eigenvalue weighted by Gasteiger charge is 1.97. The normalized spacial score (nSPS) is 9.69. The lowest BCUT2D eigenvalue weighted by Crippen LogP contribution is -2.40. The van der Waals surface area contributed by atoms with E-state index in [1.54, 1.807) is 6.33 Å². The fourth-order valence-corrected chi connectivity index (χ4v) is 1.08. The first-order valence-corrected chi connectivity index (χ1v) is 4.34. The molecule has 4 N–H and O–H groups in total. The Bertz CT molecular complexity index is 282. The molecule has 0 fully saturated rings. The molecule has 0 spiro atoms. The van der Waals surface area contributed by atoms with Crippen LogP contribution in [0.25, 0.3) is 0 Å². The van der Waals surface area contributed by atoms with E-state index < -0.39 is 0 Å². The Morgan fingerprint density at radius 2 is 2.54 bits per heavy atom. The van der Waals surface area contributed by atoms with Gasteiger partial charge in [-0.25, -0.2) is 10.8 Å². The molecule has 0 bridgehead atoms. The SMILES string of the molecule is Cn1cncc1CCNC(=S)NN. The van der Waals surface area contributed by atoms with Crippen LogP contribution >= 0.6 is 12.2 Å².